The highest BCUT2D eigenvalue weighted by Crippen LogP contribution is 2.14. The summed E-state index contributed by atoms with van der Waals surface area (Å²) in [5.41, 5.74) is 3.48. The Morgan fingerprint density at radius 1 is 1.13 bits per heavy atom. The molecule has 0 aliphatic heterocycles. The molecule has 0 atom stereocenters. The summed E-state index contributed by atoms with van der Waals surface area (Å²) in [5, 5.41) is 6.49. The SMILES string of the molecule is CC(=O)Nc1ccc(C(=O)N/N=C\c2ccc(N(C)C)o2)cc1. The molecule has 2 aromatic rings. The summed E-state index contributed by atoms with van der Waals surface area (Å²) in [6.07, 6.45) is 1.43. The van der Waals surface area contributed by atoms with Gasteiger partial charge < -0.3 is 14.6 Å². The molecule has 2 N–H and O–H groups in total. The quantitative estimate of drug-likeness (QED) is 0.653. The summed E-state index contributed by atoms with van der Waals surface area (Å²) < 4.78 is 5.47. The highest BCUT2D eigenvalue weighted by molar-refractivity contribution is 5.95. The summed E-state index contributed by atoms with van der Waals surface area (Å²) in [4.78, 5) is 24.7. The van der Waals surface area contributed by atoms with Crippen molar-refractivity contribution in [2.75, 3.05) is 24.3 Å². The van der Waals surface area contributed by atoms with Crippen LogP contribution in [-0.2, 0) is 4.79 Å². The van der Waals surface area contributed by atoms with Gasteiger partial charge in [0.2, 0.25) is 5.91 Å². The summed E-state index contributed by atoms with van der Waals surface area (Å²) in [5.74, 6) is 0.721. The van der Waals surface area contributed by atoms with Crippen molar-refractivity contribution in [1.82, 2.24) is 5.43 Å². The number of carbonyl (C=O) groups excluding carboxylic acids is 2. The first-order valence-corrected chi connectivity index (χ1v) is 6.94. The molecule has 7 heteroatoms. The molecule has 1 aromatic carbocycles. The van der Waals surface area contributed by atoms with Crippen molar-refractivity contribution < 1.29 is 14.0 Å². The number of benzene rings is 1. The number of anilines is 2. The van der Waals surface area contributed by atoms with E-state index in [2.05, 4.69) is 15.8 Å². The van der Waals surface area contributed by atoms with Crippen LogP contribution >= 0.6 is 0 Å². The van der Waals surface area contributed by atoms with E-state index in [1.54, 1.807) is 30.3 Å². The van der Waals surface area contributed by atoms with Crippen molar-refractivity contribution in [3.05, 3.63) is 47.7 Å². The van der Waals surface area contributed by atoms with Gasteiger partial charge in [-0.25, -0.2) is 5.43 Å². The van der Waals surface area contributed by atoms with Crippen LogP contribution in [0.25, 0.3) is 0 Å². The first-order chi connectivity index (χ1) is 11.0. The van der Waals surface area contributed by atoms with Gasteiger partial charge in [0.15, 0.2) is 5.88 Å². The standard InChI is InChI=1S/C16H18N4O3/c1-11(21)18-13-6-4-12(5-7-13)16(22)19-17-10-14-8-9-15(23-14)20(2)3/h4-10H,1-3H3,(H,18,21)(H,19,22)/b17-10-. The lowest BCUT2D eigenvalue weighted by molar-refractivity contribution is -0.114. The zero-order chi connectivity index (χ0) is 16.8. The van der Waals surface area contributed by atoms with Gasteiger partial charge in [-0.2, -0.15) is 5.10 Å². The topological polar surface area (TPSA) is 86.9 Å². The predicted octanol–water partition coefficient (Wildman–Crippen LogP) is 2.07. The van der Waals surface area contributed by atoms with Crippen molar-refractivity contribution in [2.24, 2.45) is 5.10 Å². The van der Waals surface area contributed by atoms with E-state index in [4.69, 9.17) is 4.42 Å². The van der Waals surface area contributed by atoms with E-state index in [1.807, 2.05) is 25.1 Å². The second-order valence-electron chi connectivity index (χ2n) is 5.03. The Kier molecular flexibility index (Phi) is 5.14. The molecule has 7 nitrogen and oxygen atoms in total. The first-order valence-electron chi connectivity index (χ1n) is 6.94. The fraction of sp³-hybridized carbons (Fsp3) is 0.188. The van der Waals surface area contributed by atoms with E-state index >= 15 is 0 Å². The van der Waals surface area contributed by atoms with E-state index in [1.165, 1.54) is 13.1 Å². The maximum absolute atomic E-state index is 11.9. The van der Waals surface area contributed by atoms with Crippen molar-refractivity contribution in [1.29, 1.82) is 0 Å². The van der Waals surface area contributed by atoms with Crippen LogP contribution in [0.5, 0.6) is 0 Å². The number of nitrogens with one attached hydrogen (secondary N) is 2. The molecule has 0 saturated carbocycles. The van der Waals surface area contributed by atoms with Gasteiger partial charge in [-0.15, -0.1) is 0 Å². The monoisotopic (exact) mass is 314 g/mol. The highest BCUT2D eigenvalue weighted by Gasteiger charge is 2.05. The number of furan rings is 1. The minimum atomic E-state index is -0.352. The molecular formula is C16H18N4O3. The van der Waals surface area contributed by atoms with Crippen LogP contribution in [0, 0.1) is 0 Å². The molecule has 0 fully saturated rings. The molecule has 1 aromatic heterocycles. The maximum atomic E-state index is 11.9. The highest BCUT2D eigenvalue weighted by atomic mass is 16.4. The largest absolute Gasteiger partial charge is 0.440 e. The van der Waals surface area contributed by atoms with Gasteiger partial charge in [-0.1, -0.05) is 0 Å². The van der Waals surface area contributed by atoms with Gasteiger partial charge in [-0.05, 0) is 30.3 Å². The van der Waals surface area contributed by atoms with Gasteiger partial charge in [0.1, 0.15) is 5.76 Å². The fourth-order valence-electron chi connectivity index (χ4n) is 1.78. The van der Waals surface area contributed by atoms with Crippen LogP contribution in [0.4, 0.5) is 11.6 Å². The molecule has 0 unspecified atom stereocenters. The Bertz CT molecular complexity index is 717. The lowest BCUT2D eigenvalue weighted by atomic mass is 10.2. The third-order valence-electron chi connectivity index (χ3n) is 2.88. The molecule has 0 saturated heterocycles. The molecule has 0 spiro atoms. The Morgan fingerprint density at radius 3 is 2.39 bits per heavy atom. The molecular weight excluding hydrogens is 296 g/mol. The zero-order valence-electron chi connectivity index (χ0n) is 13.2. The van der Waals surface area contributed by atoms with Crippen LogP contribution in [0.2, 0.25) is 0 Å². The molecule has 0 bridgehead atoms. The van der Waals surface area contributed by atoms with Crippen LogP contribution < -0.4 is 15.6 Å². The van der Waals surface area contributed by atoms with Crippen molar-refractivity contribution in [2.45, 2.75) is 6.92 Å². The molecule has 120 valence electrons. The van der Waals surface area contributed by atoms with E-state index in [0.29, 0.717) is 22.9 Å². The number of hydrogen-bond donors (Lipinski definition) is 2. The van der Waals surface area contributed by atoms with Crippen LogP contribution in [0.15, 0.2) is 45.9 Å². The van der Waals surface area contributed by atoms with Gasteiger partial charge in [0.25, 0.3) is 5.91 Å². The van der Waals surface area contributed by atoms with Crippen LogP contribution in [0.3, 0.4) is 0 Å². The molecule has 2 rings (SSSR count). The number of hydrazone groups is 1. The fourth-order valence-corrected chi connectivity index (χ4v) is 1.78. The van der Waals surface area contributed by atoms with E-state index in [-0.39, 0.29) is 11.8 Å². The van der Waals surface area contributed by atoms with Gasteiger partial charge in [0.05, 0.1) is 6.21 Å². The lowest BCUT2D eigenvalue weighted by Gasteiger charge is -2.05. The second kappa shape index (κ2) is 7.26. The van der Waals surface area contributed by atoms with Crippen molar-refractivity contribution in [3.63, 3.8) is 0 Å². The second-order valence-corrected chi connectivity index (χ2v) is 5.03. The average molecular weight is 314 g/mol. The third kappa shape index (κ3) is 4.70. The predicted molar refractivity (Wildman–Crippen MR) is 88.8 cm³/mol. The number of nitrogens with zero attached hydrogens (tertiary/aromatic N) is 2. The molecule has 0 aliphatic carbocycles. The minimum absolute atomic E-state index is 0.164. The third-order valence-corrected chi connectivity index (χ3v) is 2.88. The van der Waals surface area contributed by atoms with Crippen LogP contribution in [0.1, 0.15) is 23.0 Å². The molecule has 23 heavy (non-hydrogen) atoms. The summed E-state index contributed by atoms with van der Waals surface area (Å²) in [6.45, 7) is 1.42. The molecule has 0 aliphatic rings. The molecule has 1 heterocycles. The van der Waals surface area contributed by atoms with E-state index < -0.39 is 0 Å². The van der Waals surface area contributed by atoms with Gasteiger partial charge in [0, 0.05) is 38.3 Å². The number of rotatable bonds is 5. The lowest BCUT2D eigenvalue weighted by Crippen LogP contribution is -2.17. The average Bonchev–Trinajstić information content (AvgIpc) is 2.96. The normalized spacial score (nSPS) is 10.6. The Balaban J connectivity index is 1.93. The Hall–Kier alpha value is -3.09. The van der Waals surface area contributed by atoms with E-state index in [0.717, 1.165) is 0 Å². The number of hydrogen-bond acceptors (Lipinski definition) is 5. The smallest absolute Gasteiger partial charge is 0.271 e. The summed E-state index contributed by atoms with van der Waals surface area (Å²) >= 11 is 0. The Morgan fingerprint density at radius 2 is 1.83 bits per heavy atom. The van der Waals surface area contributed by atoms with E-state index in [9.17, 15) is 9.59 Å². The Labute approximate surface area is 134 Å². The van der Waals surface area contributed by atoms with Crippen LogP contribution in [-0.4, -0.2) is 32.1 Å². The molecule has 0 radical (unpaired) electrons. The first kappa shape index (κ1) is 16.3. The van der Waals surface area contributed by atoms with Crippen molar-refractivity contribution in [3.8, 4) is 0 Å². The summed E-state index contributed by atoms with van der Waals surface area (Å²) in [6, 6.07) is 10.1. The number of amides is 2. The molecule has 2 amide bonds. The zero-order valence-corrected chi connectivity index (χ0v) is 13.2. The maximum Gasteiger partial charge on any atom is 0.271 e. The van der Waals surface area contributed by atoms with Gasteiger partial charge in [-0.3, -0.25) is 9.59 Å². The van der Waals surface area contributed by atoms with Crippen molar-refractivity contribution >= 4 is 29.6 Å². The summed E-state index contributed by atoms with van der Waals surface area (Å²) in [7, 11) is 3.73. The minimum Gasteiger partial charge on any atom is -0.440 e. The van der Waals surface area contributed by atoms with Gasteiger partial charge >= 0.3 is 0 Å². The number of carbonyl (C=O) groups is 2.